The lowest BCUT2D eigenvalue weighted by molar-refractivity contribution is -0.0398. The number of fused-ring (bicyclic) bond motifs is 1. The highest BCUT2D eigenvalue weighted by Gasteiger charge is 2.39. The standard InChI is InChI=1S/C9H12FN6O4PS/c10-5-1-4(2-19-21(17,18)22)20-9(5)16-8-6(14-15-16)7(11)12-3-13-8/h3-5,9H,1-2H2,(H2,11,12,13)(H2,17,18,22)/t4-,5-,9+/m0/s1. The Labute approximate surface area is 128 Å². The first kappa shape index (κ1) is 15.6. The normalized spacial score (nSPS) is 25.9. The Morgan fingerprint density at radius 1 is 1.55 bits per heavy atom. The molecule has 0 aliphatic carbocycles. The lowest BCUT2D eigenvalue weighted by Gasteiger charge is -2.15. The van der Waals surface area contributed by atoms with Crippen LogP contribution in [0.5, 0.6) is 0 Å². The topological polar surface area (TPSA) is 141 Å². The van der Waals surface area contributed by atoms with E-state index < -0.39 is 25.2 Å². The van der Waals surface area contributed by atoms with E-state index in [0.717, 1.165) is 0 Å². The van der Waals surface area contributed by atoms with Gasteiger partial charge in [0.1, 0.15) is 12.5 Å². The molecule has 0 spiro atoms. The van der Waals surface area contributed by atoms with Crippen molar-refractivity contribution >= 4 is 35.5 Å². The quantitative estimate of drug-likeness (QED) is 0.627. The molecule has 0 amide bonds. The summed E-state index contributed by atoms with van der Waals surface area (Å²) in [5.74, 6) is 0.130. The molecule has 0 aromatic carbocycles. The molecule has 1 aliphatic heterocycles. The van der Waals surface area contributed by atoms with Crippen LogP contribution in [0, 0.1) is 0 Å². The predicted octanol–water partition coefficient (Wildman–Crippen LogP) is -0.345. The van der Waals surface area contributed by atoms with E-state index in [4.69, 9.17) is 20.3 Å². The minimum absolute atomic E-state index is 0.0120. The first-order valence-electron chi connectivity index (χ1n) is 6.16. The SMILES string of the molecule is Nc1ncnc2c1nnn2[C@@H]1O[C@H](COP(O)(O)=S)C[C@@H]1F. The van der Waals surface area contributed by atoms with Gasteiger partial charge in [-0.25, -0.2) is 14.4 Å². The fraction of sp³-hybridized carbons (Fsp3) is 0.556. The van der Waals surface area contributed by atoms with Gasteiger partial charge < -0.3 is 24.8 Å². The minimum atomic E-state index is -3.80. The monoisotopic (exact) mass is 350 g/mol. The van der Waals surface area contributed by atoms with Gasteiger partial charge in [0.25, 0.3) is 0 Å². The summed E-state index contributed by atoms with van der Waals surface area (Å²) in [6, 6.07) is 0. The number of ether oxygens (including phenoxy) is 1. The number of nitrogen functional groups attached to an aromatic ring is 1. The van der Waals surface area contributed by atoms with E-state index in [-0.39, 0.29) is 30.0 Å². The highest BCUT2D eigenvalue weighted by molar-refractivity contribution is 8.06. The number of rotatable bonds is 4. The van der Waals surface area contributed by atoms with Gasteiger partial charge in [-0.2, -0.15) is 4.68 Å². The van der Waals surface area contributed by atoms with Gasteiger partial charge in [0.2, 0.25) is 0 Å². The molecule has 0 unspecified atom stereocenters. The Hall–Kier alpha value is -1.30. The lowest BCUT2D eigenvalue weighted by Crippen LogP contribution is -2.19. The lowest BCUT2D eigenvalue weighted by atomic mass is 10.2. The Kier molecular flexibility index (Phi) is 4.05. The first-order valence-corrected chi connectivity index (χ1v) is 8.78. The molecule has 22 heavy (non-hydrogen) atoms. The van der Waals surface area contributed by atoms with Crippen molar-refractivity contribution < 1.29 is 23.4 Å². The maximum atomic E-state index is 14.2. The molecule has 120 valence electrons. The van der Waals surface area contributed by atoms with Gasteiger partial charge in [-0.15, -0.1) is 5.10 Å². The summed E-state index contributed by atoms with van der Waals surface area (Å²) in [6.45, 7) is -4.04. The van der Waals surface area contributed by atoms with Crippen LogP contribution < -0.4 is 5.73 Å². The van der Waals surface area contributed by atoms with E-state index in [2.05, 4.69) is 36.6 Å². The highest BCUT2D eigenvalue weighted by Crippen LogP contribution is 2.39. The van der Waals surface area contributed by atoms with Crippen molar-refractivity contribution in [3.8, 4) is 0 Å². The Bertz CT molecular complexity index is 740. The Morgan fingerprint density at radius 3 is 3.05 bits per heavy atom. The second kappa shape index (κ2) is 5.72. The molecular formula is C9H12FN6O4PS. The minimum Gasteiger partial charge on any atom is -0.382 e. The third-order valence-corrected chi connectivity index (χ3v) is 3.89. The summed E-state index contributed by atoms with van der Waals surface area (Å²) < 4.78 is 25.5. The number of nitrogens with two attached hydrogens (primary N) is 1. The molecular weight excluding hydrogens is 338 g/mol. The van der Waals surface area contributed by atoms with Crippen LogP contribution in [0.3, 0.4) is 0 Å². The van der Waals surface area contributed by atoms with Crippen molar-refractivity contribution in [2.45, 2.75) is 24.9 Å². The summed E-state index contributed by atoms with van der Waals surface area (Å²) in [6.07, 6.45) is -1.95. The molecule has 3 heterocycles. The molecule has 4 N–H and O–H groups in total. The smallest absolute Gasteiger partial charge is 0.321 e. The molecule has 13 heteroatoms. The van der Waals surface area contributed by atoms with E-state index in [0.29, 0.717) is 0 Å². The molecule has 1 fully saturated rings. The van der Waals surface area contributed by atoms with E-state index in [1.165, 1.54) is 11.0 Å². The highest BCUT2D eigenvalue weighted by atomic mass is 32.5. The number of hydrogen-bond acceptors (Lipinski definition) is 8. The number of hydrogen-bond donors (Lipinski definition) is 3. The number of anilines is 1. The largest absolute Gasteiger partial charge is 0.382 e. The van der Waals surface area contributed by atoms with E-state index >= 15 is 0 Å². The third-order valence-electron chi connectivity index (χ3n) is 3.09. The summed E-state index contributed by atoms with van der Waals surface area (Å²) in [4.78, 5) is 25.8. The van der Waals surface area contributed by atoms with Crippen molar-refractivity contribution in [3.63, 3.8) is 0 Å². The van der Waals surface area contributed by atoms with E-state index in [1.807, 2.05) is 0 Å². The molecule has 0 bridgehead atoms. The zero-order valence-corrected chi connectivity index (χ0v) is 12.7. The van der Waals surface area contributed by atoms with Crippen LogP contribution in [-0.2, 0) is 21.1 Å². The molecule has 3 rings (SSSR count). The van der Waals surface area contributed by atoms with Crippen molar-refractivity contribution in [2.24, 2.45) is 0 Å². The van der Waals surface area contributed by atoms with Gasteiger partial charge in [0, 0.05) is 6.42 Å². The molecule has 1 saturated heterocycles. The van der Waals surface area contributed by atoms with Crippen molar-refractivity contribution in [1.82, 2.24) is 25.0 Å². The van der Waals surface area contributed by atoms with Gasteiger partial charge in [0.05, 0.1) is 12.7 Å². The number of halogens is 1. The van der Waals surface area contributed by atoms with Crippen LogP contribution in [0.4, 0.5) is 10.2 Å². The van der Waals surface area contributed by atoms with E-state index in [9.17, 15) is 4.39 Å². The Balaban J connectivity index is 1.80. The van der Waals surface area contributed by atoms with E-state index in [1.54, 1.807) is 0 Å². The Morgan fingerprint density at radius 2 is 2.32 bits per heavy atom. The van der Waals surface area contributed by atoms with Crippen LogP contribution in [0.25, 0.3) is 11.2 Å². The summed E-state index contributed by atoms with van der Waals surface area (Å²) in [5.41, 5.74) is 6.14. The number of alkyl halides is 1. The first-order chi connectivity index (χ1) is 10.3. The van der Waals surface area contributed by atoms with Crippen LogP contribution in [-0.4, -0.2) is 53.6 Å². The fourth-order valence-electron chi connectivity index (χ4n) is 2.16. The second-order valence-corrected chi connectivity index (χ2v) is 7.32. The average Bonchev–Trinajstić information content (AvgIpc) is 3.00. The van der Waals surface area contributed by atoms with Crippen molar-refractivity contribution in [2.75, 3.05) is 12.3 Å². The molecule has 0 radical (unpaired) electrons. The molecule has 2 aromatic rings. The van der Waals surface area contributed by atoms with Gasteiger partial charge >= 0.3 is 6.72 Å². The molecule has 0 saturated carbocycles. The molecule has 2 aromatic heterocycles. The maximum Gasteiger partial charge on any atom is 0.321 e. The molecule has 3 atom stereocenters. The fourth-order valence-corrected chi connectivity index (χ4v) is 2.70. The van der Waals surface area contributed by atoms with Gasteiger partial charge in [-0.3, -0.25) is 0 Å². The number of aromatic nitrogens is 5. The summed E-state index contributed by atoms with van der Waals surface area (Å²) in [7, 11) is 0. The maximum absolute atomic E-state index is 14.2. The summed E-state index contributed by atoms with van der Waals surface area (Å²) in [5, 5.41) is 7.60. The van der Waals surface area contributed by atoms with Crippen molar-refractivity contribution in [1.29, 1.82) is 0 Å². The molecule has 1 aliphatic rings. The summed E-state index contributed by atoms with van der Waals surface area (Å²) >= 11 is 4.33. The second-order valence-electron chi connectivity index (χ2n) is 4.65. The van der Waals surface area contributed by atoms with Crippen LogP contribution in [0.1, 0.15) is 12.6 Å². The molecule has 10 nitrogen and oxygen atoms in total. The van der Waals surface area contributed by atoms with Crippen LogP contribution >= 0.6 is 6.72 Å². The van der Waals surface area contributed by atoms with Crippen LogP contribution in [0.2, 0.25) is 0 Å². The number of nitrogens with zero attached hydrogens (tertiary/aromatic N) is 5. The van der Waals surface area contributed by atoms with Gasteiger partial charge in [0.15, 0.2) is 23.2 Å². The van der Waals surface area contributed by atoms with Crippen molar-refractivity contribution in [3.05, 3.63) is 6.33 Å². The van der Waals surface area contributed by atoms with Gasteiger partial charge in [-0.1, -0.05) is 5.21 Å². The predicted molar refractivity (Wildman–Crippen MR) is 75.6 cm³/mol. The zero-order valence-electron chi connectivity index (χ0n) is 11.0. The third kappa shape index (κ3) is 3.07. The average molecular weight is 350 g/mol. The zero-order chi connectivity index (χ0) is 15.9. The van der Waals surface area contributed by atoms with Crippen LogP contribution in [0.15, 0.2) is 6.33 Å². The van der Waals surface area contributed by atoms with Gasteiger partial charge in [-0.05, 0) is 11.8 Å².